The van der Waals surface area contributed by atoms with Crippen LogP contribution < -0.4 is 26.6 Å². The van der Waals surface area contributed by atoms with Gasteiger partial charge in [-0.1, -0.05) is 6.58 Å². The van der Waals surface area contributed by atoms with Crippen LogP contribution in [0.4, 0.5) is 4.79 Å². The average molecular weight is 385 g/mol. The molecule has 0 fully saturated rings. The highest BCUT2D eigenvalue weighted by Crippen LogP contribution is 2.05. The zero-order valence-corrected chi connectivity index (χ0v) is 15.8. The van der Waals surface area contributed by atoms with Gasteiger partial charge in [0.15, 0.2) is 0 Å². The molecule has 27 heavy (non-hydrogen) atoms. The van der Waals surface area contributed by atoms with Crippen LogP contribution in [0.5, 0.6) is 0 Å². The Kier molecular flexibility index (Phi) is 10.9. The molecule has 0 heterocycles. The smallest absolute Gasteiger partial charge is 0.408 e. The normalized spacial score (nSPS) is 10.2. The maximum Gasteiger partial charge on any atom is 0.408 e. The van der Waals surface area contributed by atoms with Gasteiger partial charge >= 0.3 is 6.09 Å². The third-order valence-corrected chi connectivity index (χ3v) is 2.62. The first-order valence-electron chi connectivity index (χ1n) is 8.20. The molecule has 0 bridgehead atoms. The van der Waals surface area contributed by atoms with Crippen LogP contribution >= 0.6 is 0 Å². The predicted octanol–water partition coefficient (Wildman–Crippen LogP) is -1.84. The summed E-state index contributed by atoms with van der Waals surface area (Å²) in [6.45, 7) is 7.79. The largest absolute Gasteiger partial charge is 0.444 e. The Bertz CT molecular complexity index is 570. The molecule has 0 atom stereocenters. The Balaban J connectivity index is 3.82. The highest BCUT2D eigenvalue weighted by molar-refractivity contribution is 5.89. The highest BCUT2D eigenvalue weighted by Gasteiger charge is 2.16. The molecule has 11 heteroatoms. The molecule has 0 spiro atoms. The summed E-state index contributed by atoms with van der Waals surface area (Å²) in [6.07, 6.45) is 0.363. The number of amides is 5. The van der Waals surface area contributed by atoms with Crippen molar-refractivity contribution in [2.45, 2.75) is 26.4 Å². The first-order valence-corrected chi connectivity index (χ1v) is 8.20. The summed E-state index contributed by atoms with van der Waals surface area (Å²) in [5, 5.41) is 11.8. The quantitative estimate of drug-likeness (QED) is 0.220. The zero-order chi connectivity index (χ0) is 20.9. The summed E-state index contributed by atoms with van der Waals surface area (Å²) in [4.78, 5) is 56.8. The fraction of sp³-hybridized carbons (Fsp3) is 0.562. The second-order valence-electron chi connectivity index (χ2n) is 6.25. The SMILES string of the molecule is C=CC(=O)NCCNC(=O)CNC(=O)CNC(=O)CNC(=O)OC(C)(C)C. The molecule has 0 unspecified atom stereocenters. The second kappa shape index (κ2) is 12.3. The van der Waals surface area contributed by atoms with Crippen molar-refractivity contribution in [3.63, 3.8) is 0 Å². The lowest BCUT2D eigenvalue weighted by Gasteiger charge is -2.19. The fourth-order valence-electron chi connectivity index (χ4n) is 1.47. The lowest BCUT2D eigenvalue weighted by Crippen LogP contribution is -2.45. The predicted molar refractivity (Wildman–Crippen MR) is 96.5 cm³/mol. The number of rotatable bonds is 10. The number of alkyl carbamates (subject to hydrolysis) is 1. The minimum Gasteiger partial charge on any atom is -0.444 e. The molecule has 11 nitrogen and oxygen atoms in total. The standard InChI is InChI=1S/C16H27N5O6/c1-5-11(22)17-6-7-18-12(23)8-19-13(24)9-20-14(25)10-21-15(26)27-16(2,3)4/h5H,1,6-10H2,2-4H3,(H,17,22)(H,18,23)(H,19,24)(H,20,25)(H,21,26). The topological polar surface area (TPSA) is 155 Å². The lowest BCUT2D eigenvalue weighted by atomic mass is 10.2. The van der Waals surface area contributed by atoms with E-state index < -0.39 is 29.4 Å². The number of ether oxygens (including phenoxy) is 1. The summed E-state index contributed by atoms with van der Waals surface area (Å²) < 4.78 is 4.96. The fourth-order valence-corrected chi connectivity index (χ4v) is 1.47. The van der Waals surface area contributed by atoms with Crippen LogP contribution in [0, 0.1) is 0 Å². The third-order valence-electron chi connectivity index (χ3n) is 2.62. The van der Waals surface area contributed by atoms with Crippen LogP contribution in [-0.2, 0) is 23.9 Å². The van der Waals surface area contributed by atoms with Gasteiger partial charge in [0.2, 0.25) is 23.6 Å². The van der Waals surface area contributed by atoms with Crippen molar-refractivity contribution >= 4 is 29.7 Å². The van der Waals surface area contributed by atoms with E-state index in [0.717, 1.165) is 6.08 Å². The van der Waals surface area contributed by atoms with E-state index in [1.165, 1.54) is 0 Å². The van der Waals surface area contributed by atoms with Gasteiger partial charge in [-0.15, -0.1) is 0 Å². The van der Waals surface area contributed by atoms with Gasteiger partial charge in [0.1, 0.15) is 12.1 Å². The molecule has 0 saturated heterocycles. The first kappa shape index (κ1) is 23.9. The van der Waals surface area contributed by atoms with Gasteiger partial charge in [0, 0.05) is 13.1 Å². The summed E-state index contributed by atoms with van der Waals surface area (Å²) in [6, 6.07) is 0. The number of nitrogens with one attached hydrogen (secondary N) is 5. The Morgan fingerprint density at radius 2 is 1.22 bits per heavy atom. The van der Waals surface area contributed by atoms with E-state index in [9.17, 15) is 24.0 Å². The molecule has 0 aromatic carbocycles. The van der Waals surface area contributed by atoms with Crippen LogP contribution in [0.2, 0.25) is 0 Å². The number of hydrogen-bond acceptors (Lipinski definition) is 6. The Morgan fingerprint density at radius 3 is 1.70 bits per heavy atom. The average Bonchev–Trinajstić information content (AvgIpc) is 2.58. The number of carbonyl (C=O) groups is 5. The van der Waals surface area contributed by atoms with Crippen LogP contribution in [-0.4, -0.2) is 68.0 Å². The molecular weight excluding hydrogens is 358 g/mol. The molecule has 0 aromatic heterocycles. The van der Waals surface area contributed by atoms with E-state index in [-0.39, 0.29) is 38.6 Å². The molecule has 0 radical (unpaired) electrons. The minimum absolute atomic E-state index is 0.196. The molecule has 5 amide bonds. The highest BCUT2D eigenvalue weighted by atomic mass is 16.6. The van der Waals surface area contributed by atoms with Crippen molar-refractivity contribution in [3.8, 4) is 0 Å². The summed E-state index contributed by atoms with van der Waals surface area (Å²) in [5.41, 5.74) is -0.682. The van der Waals surface area contributed by atoms with E-state index in [2.05, 4.69) is 33.2 Å². The Labute approximate surface area is 157 Å². The second-order valence-corrected chi connectivity index (χ2v) is 6.25. The maximum atomic E-state index is 11.5. The molecule has 0 aliphatic carbocycles. The van der Waals surface area contributed by atoms with Crippen molar-refractivity contribution in [1.29, 1.82) is 0 Å². The first-order chi connectivity index (χ1) is 12.5. The summed E-state index contributed by atoms with van der Waals surface area (Å²) in [5.74, 6) is -1.96. The van der Waals surface area contributed by atoms with E-state index in [0.29, 0.717) is 0 Å². The van der Waals surface area contributed by atoms with Crippen molar-refractivity contribution < 1.29 is 28.7 Å². The van der Waals surface area contributed by atoms with Gasteiger partial charge in [0.25, 0.3) is 0 Å². The number of hydrogen-bond donors (Lipinski definition) is 5. The molecule has 0 aliphatic rings. The summed E-state index contributed by atoms with van der Waals surface area (Å²) in [7, 11) is 0. The van der Waals surface area contributed by atoms with E-state index >= 15 is 0 Å². The molecule has 0 rings (SSSR count). The van der Waals surface area contributed by atoms with Gasteiger partial charge in [-0.2, -0.15) is 0 Å². The number of carbonyl (C=O) groups excluding carboxylic acids is 5. The third kappa shape index (κ3) is 14.9. The van der Waals surface area contributed by atoms with Gasteiger partial charge in [-0.05, 0) is 26.8 Å². The monoisotopic (exact) mass is 385 g/mol. The van der Waals surface area contributed by atoms with E-state index in [1.807, 2.05) is 0 Å². The van der Waals surface area contributed by atoms with Gasteiger partial charge < -0.3 is 31.3 Å². The molecule has 0 aliphatic heterocycles. The molecule has 152 valence electrons. The Morgan fingerprint density at radius 1 is 0.778 bits per heavy atom. The molecular formula is C16H27N5O6. The molecule has 0 aromatic rings. The minimum atomic E-state index is -0.747. The van der Waals surface area contributed by atoms with Crippen LogP contribution in [0.25, 0.3) is 0 Å². The lowest BCUT2D eigenvalue weighted by molar-refractivity contribution is -0.127. The zero-order valence-electron chi connectivity index (χ0n) is 15.8. The van der Waals surface area contributed by atoms with Crippen LogP contribution in [0.1, 0.15) is 20.8 Å². The van der Waals surface area contributed by atoms with Crippen molar-refractivity contribution in [1.82, 2.24) is 26.6 Å². The van der Waals surface area contributed by atoms with Crippen molar-refractivity contribution in [3.05, 3.63) is 12.7 Å². The van der Waals surface area contributed by atoms with Gasteiger partial charge in [-0.25, -0.2) is 4.79 Å². The van der Waals surface area contributed by atoms with E-state index in [1.54, 1.807) is 20.8 Å². The molecule has 5 N–H and O–H groups in total. The van der Waals surface area contributed by atoms with Gasteiger partial charge in [0.05, 0.1) is 13.1 Å². The maximum absolute atomic E-state index is 11.5. The van der Waals surface area contributed by atoms with Gasteiger partial charge in [-0.3, -0.25) is 19.2 Å². The Hall–Kier alpha value is -3.11. The van der Waals surface area contributed by atoms with Crippen LogP contribution in [0.15, 0.2) is 12.7 Å². The van der Waals surface area contributed by atoms with E-state index in [4.69, 9.17) is 4.74 Å². The summed E-state index contributed by atoms with van der Waals surface area (Å²) >= 11 is 0. The van der Waals surface area contributed by atoms with Crippen molar-refractivity contribution in [2.24, 2.45) is 0 Å². The van der Waals surface area contributed by atoms with Crippen LogP contribution in [0.3, 0.4) is 0 Å². The van der Waals surface area contributed by atoms with Crippen molar-refractivity contribution in [2.75, 3.05) is 32.7 Å². The molecule has 0 saturated carbocycles.